The Morgan fingerprint density at radius 2 is 0.972 bits per heavy atom. The molecular weight excluding hydrogens is 444 g/mol. The quantitative estimate of drug-likeness (QED) is 0.101. The van der Waals surface area contributed by atoms with Crippen molar-refractivity contribution in [3.63, 3.8) is 0 Å². The van der Waals surface area contributed by atoms with Gasteiger partial charge in [-0.25, -0.2) is 0 Å². The van der Waals surface area contributed by atoms with E-state index >= 15 is 0 Å². The van der Waals surface area contributed by atoms with Gasteiger partial charge >= 0.3 is 0 Å². The van der Waals surface area contributed by atoms with E-state index in [1.807, 2.05) is 19.9 Å². The molecule has 0 aliphatic heterocycles. The van der Waals surface area contributed by atoms with Crippen molar-refractivity contribution in [2.75, 3.05) is 40.6 Å². The molecule has 0 aliphatic carbocycles. The maximum atomic E-state index is 5.45. The molecule has 3 heteroatoms. The summed E-state index contributed by atoms with van der Waals surface area (Å²) in [5.41, 5.74) is 0. The van der Waals surface area contributed by atoms with Gasteiger partial charge in [0, 0.05) is 27.4 Å². The lowest BCUT2D eigenvalue weighted by Gasteiger charge is -2.03. The Morgan fingerprint density at radius 1 is 0.528 bits per heavy atom. The second-order valence-corrected chi connectivity index (χ2v) is 8.59. The van der Waals surface area contributed by atoms with Crippen LogP contribution in [0.4, 0.5) is 0 Å². The number of methoxy groups -OCH3 is 2. The van der Waals surface area contributed by atoms with E-state index in [9.17, 15) is 0 Å². The normalized spacial score (nSPS) is 10.3. The second-order valence-electron chi connectivity index (χ2n) is 8.59. The summed E-state index contributed by atoms with van der Waals surface area (Å²) in [5, 5.41) is 0. The molecule has 0 spiro atoms. The SMILES string of the molecule is C=CCC.CC.CCCCC/C=C\C/C=C\CCCCCCCCOCCOC.CCCCCOC. The Labute approximate surface area is 229 Å². The van der Waals surface area contributed by atoms with Crippen LogP contribution in [0.5, 0.6) is 0 Å². The first-order chi connectivity index (χ1) is 17.7. The predicted molar refractivity (Wildman–Crippen MR) is 165 cm³/mol. The van der Waals surface area contributed by atoms with Crippen molar-refractivity contribution in [1.29, 1.82) is 0 Å². The fourth-order valence-electron chi connectivity index (χ4n) is 2.93. The fourth-order valence-corrected chi connectivity index (χ4v) is 2.93. The third-order valence-electron chi connectivity index (χ3n) is 5.16. The van der Waals surface area contributed by atoms with Gasteiger partial charge in [0.2, 0.25) is 0 Å². The molecule has 0 fully saturated rings. The Kier molecular flexibility index (Phi) is 59.6. The average molecular weight is 513 g/mol. The summed E-state index contributed by atoms with van der Waals surface area (Å²) in [7, 11) is 3.46. The highest BCUT2D eigenvalue weighted by Crippen LogP contribution is 2.08. The molecule has 0 bridgehead atoms. The summed E-state index contributed by atoms with van der Waals surface area (Å²) in [6.45, 7) is 17.2. The summed E-state index contributed by atoms with van der Waals surface area (Å²) >= 11 is 0. The van der Waals surface area contributed by atoms with Crippen LogP contribution >= 0.6 is 0 Å². The van der Waals surface area contributed by atoms with E-state index in [1.54, 1.807) is 14.2 Å². The van der Waals surface area contributed by atoms with Gasteiger partial charge in [-0.1, -0.05) is 116 Å². The summed E-state index contributed by atoms with van der Waals surface area (Å²) in [6.07, 6.45) is 31.6. The molecule has 0 unspecified atom stereocenters. The molecular formula is C33H68O3. The molecule has 0 radical (unpaired) electrons. The lowest BCUT2D eigenvalue weighted by molar-refractivity contribution is 0.0685. The lowest BCUT2D eigenvalue weighted by atomic mass is 10.1. The number of rotatable bonds is 23. The number of unbranched alkanes of at least 4 members (excludes halogenated alkanes) is 11. The van der Waals surface area contributed by atoms with Crippen molar-refractivity contribution in [2.24, 2.45) is 0 Å². The molecule has 36 heavy (non-hydrogen) atoms. The molecule has 0 atom stereocenters. The molecule has 0 aromatic carbocycles. The van der Waals surface area contributed by atoms with Crippen molar-refractivity contribution in [3.05, 3.63) is 37.0 Å². The monoisotopic (exact) mass is 513 g/mol. The highest BCUT2D eigenvalue weighted by atomic mass is 16.5. The first-order valence-electron chi connectivity index (χ1n) is 15.2. The Morgan fingerprint density at radius 3 is 1.47 bits per heavy atom. The van der Waals surface area contributed by atoms with Gasteiger partial charge in [0.05, 0.1) is 13.2 Å². The molecule has 3 nitrogen and oxygen atoms in total. The van der Waals surface area contributed by atoms with E-state index in [0.717, 1.165) is 32.7 Å². The summed E-state index contributed by atoms with van der Waals surface area (Å²) < 4.78 is 15.2. The summed E-state index contributed by atoms with van der Waals surface area (Å²) in [6, 6.07) is 0. The van der Waals surface area contributed by atoms with E-state index < -0.39 is 0 Å². The van der Waals surface area contributed by atoms with Crippen LogP contribution in [0.3, 0.4) is 0 Å². The zero-order valence-electron chi connectivity index (χ0n) is 26.0. The van der Waals surface area contributed by atoms with Crippen LogP contribution in [0.25, 0.3) is 0 Å². The van der Waals surface area contributed by atoms with Crippen LogP contribution in [0.1, 0.15) is 137 Å². The summed E-state index contributed by atoms with van der Waals surface area (Å²) in [5.74, 6) is 0. The van der Waals surface area contributed by atoms with Crippen LogP contribution in [-0.2, 0) is 14.2 Å². The highest BCUT2D eigenvalue weighted by Gasteiger charge is 1.92. The number of allylic oxidation sites excluding steroid dienone is 5. The fraction of sp³-hybridized carbons (Fsp3) is 0.818. The van der Waals surface area contributed by atoms with E-state index in [2.05, 4.69) is 51.7 Å². The zero-order chi connectivity index (χ0) is 27.8. The summed E-state index contributed by atoms with van der Waals surface area (Å²) in [4.78, 5) is 0. The minimum atomic E-state index is 0.710. The largest absolute Gasteiger partial charge is 0.385 e. The maximum Gasteiger partial charge on any atom is 0.0700 e. The first kappa shape index (κ1) is 42.2. The van der Waals surface area contributed by atoms with E-state index in [1.165, 1.54) is 89.9 Å². The number of hydrogen-bond donors (Lipinski definition) is 0. The molecule has 0 amide bonds. The Balaban J connectivity index is -0.000000324. The third-order valence-corrected chi connectivity index (χ3v) is 5.16. The van der Waals surface area contributed by atoms with Crippen LogP contribution in [0.15, 0.2) is 37.0 Å². The van der Waals surface area contributed by atoms with Crippen LogP contribution in [-0.4, -0.2) is 40.6 Å². The first-order valence-corrected chi connectivity index (χ1v) is 15.2. The van der Waals surface area contributed by atoms with Crippen molar-refractivity contribution in [2.45, 2.75) is 137 Å². The smallest absolute Gasteiger partial charge is 0.0700 e. The lowest BCUT2D eigenvalue weighted by Crippen LogP contribution is -2.02. The molecule has 0 aromatic rings. The molecule has 0 N–H and O–H groups in total. The molecule has 0 rings (SSSR count). The van der Waals surface area contributed by atoms with Crippen LogP contribution in [0, 0.1) is 0 Å². The minimum absolute atomic E-state index is 0.710. The average Bonchev–Trinajstić information content (AvgIpc) is 2.92. The maximum absolute atomic E-state index is 5.45. The van der Waals surface area contributed by atoms with Crippen molar-refractivity contribution in [1.82, 2.24) is 0 Å². The molecule has 0 saturated carbocycles. The Bertz CT molecular complexity index is 373. The van der Waals surface area contributed by atoms with Gasteiger partial charge in [0.25, 0.3) is 0 Å². The van der Waals surface area contributed by atoms with Crippen LogP contribution < -0.4 is 0 Å². The van der Waals surface area contributed by atoms with Gasteiger partial charge in [-0.05, 0) is 51.4 Å². The molecule has 0 saturated heterocycles. The Hall–Kier alpha value is -0.900. The topological polar surface area (TPSA) is 27.7 Å². The van der Waals surface area contributed by atoms with Crippen molar-refractivity contribution < 1.29 is 14.2 Å². The standard InChI is InChI=1S/C21H40O2.C6H14O.C4H8.C2H6/c1-3-4-5-6-7-8-9-10-11-12-13-14-15-16-17-18-19-23-21-20-22-2;1-3-4-5-6-7-2;1-3-4-2;1-2/h7-8,10-11H,3-6,9,12-21H2,1-2H3;3-6H2,1-2H3;3H,1,4H2,2H3;1-2H3/b8-7-,11-10-;;;. The van der Waals surface area contributed by atoms with Crippen molar-refractivity contribution in [3.8, 4) is 0 Å². The van der Waals surface area contributed by atoms with Gasteiger partial charge in [0.1, 0.15) is 0 Å². The van der Waals surface area contributed by atoms with Gasteiger partial charge in [-0.15, -0.1) is 6.58 Å². The number of ether oxygens (including phenoxy) is 3. The van der Waals surface area contributed by atoms with Gasteiger partial charge in [0.15, 0.2) is 0 Å². The van der Waals surface area contributed by atoms with Crippen LogP contribution in [0.2, 0.25) is 0 Å². The third kappa shape index (κ3) is 58.7. The predicted octanol–water partition coefficient (Wildman–Crippen LogP) is 10.9. The highest BCUT2D eigenvalue weighted by molar-refractivity contribution is 4.92. The second kappa shape index (κ2) is 50.9. The van der Waals surface area contributed by atoms with Gasteiger partial charge in [-0.3, -0.25) is 0 Å². The van der Waals surface area contributed by atoms with Gasteiger partial charge < -0.3 is 14.2 Å². The van der Waals surface area contributed by atoms with E-state index in [0.29, 0.717) is 6.61 Å². The molecule has 0 aliphatic rings. The molecule has 218 valence electrons. The van der Waals surface area contributed by atoms with E-state index in [4.69, 9.17) is 14.2 Å². The van der Waals surface area contributed by atoms with Gasteiger partial charge in [-0.2, -0.15) is 0 Å². The zero-order valence-corrected chi connectivity index (χ0v) is 26.0. The number of hydrogen-bond acceptors (Lipinski definition) is 3. The molecule has 0 heterocycles. The van der Waals surface area contributed by atoms with Crippen molar-refractivity contribution >= 4 is 0 Å². The minimum Gasteiger partial charge on any atom is -0.385 e. The van der Waals surface area contributed by atoms with E-state index in [-0.39, 0.29) is 0 Å². The molecule has 0 aromatic heterocycles.